The fourth-order valence-electron chi connectivity index (χ4n) is 3.90. The Hall–Kier alpha value is -4.22. The lowest BCUT2D eigenvalue weighted by molar-refractivity contribution is 0.0525. The molecule has 0 unspecified atom stereocenters. The van der Waals surface area contributed by atoms with Gasteiger partial charge in [-0.15, -0.1) is 0 Å². The maximum absolute atomic E-state index is 12.7. The number of aromatic amines is 1. The quantitative estimate of drug-likeness (QED) is 0.158. The van der Waals surface area contributed by atoms with Crippen LogP contribution in [-0.2, 0) is 4.74 Å². The van der Waals surface area contributed by atoms with Crippen LogP contribution in [-0.4, -0.2) is 22.1 Å². The summed E-state index contributed by atoms with van der Waals surface area (Å²) in [6.45, 7) is 5.99. The maximum atomic E-state index is 12.7. The molecule has 0 spiro atoms. The van der Waals surface area contributed by atoms with Crippen molar-refractivity contribution >= 4 is 11.7 Å². The number of aryl methyl sites for hydroxylation is 1. The van der Waals surface area contributed by atoms with E-state index in [0.29, 0.717) is 17.9 Å². The average molecular weight is 425 g/mol. The molecule has 2 aromatic heterocycles. The standard InChI is InChI=1S/C25H23N5O2/c1-4-32-25(31)21-15-22(19-11-8-12-20(14-19)28-29-26)30(17(21)3)23-13-16(2)27-24(23)18-9-6-5-7-10-18/h5-15,27H,4H2,1-3H3. The number of ether oxygens (including phenoxy) is 1. The van der Waals surface area contributed by atoms with Crippen molar-refractivity contribution in [1.82, 2.24) is 9.55 Å². The molecule has 0 atom stereocenters. The second-order valence-electron chi connectivity index (χ2n) is 7.40. The number of nitrogens with one attached hydrogen (secondary N) is 1. The minimum atomic E-state index is -0.371. The topological polar surface area (TPSA) is 95.8 Å². The molecule has 0 saturated carbocycles. The fraction of sp³-hybridized carbons (Fsp3) is 0.160. The molecule has 4 aromatic rings. The van der Waals surface area contributed by atoms with Crippen LogP contribution in [0.2, 0.25) is 0 Å². The zero-order valence-electron chi connectivity index (χ0n) is 18.2. The van der Waals surface area contributed by atoms with Gasteiger partial charge in [0.25, 0.3) is 0 Å². The minimum Gasteiger partial charge on any atom is -0.462 e. The SMILES string of the molecule is CCOC(=O)c1cc(-c2cccc(N=[N+]=[N-])c2)n(-c2cc(C)[nH]c2-c2ccccc2)c1C. The molecule has 0 fully saturated rings. The number of H-pyrrole nitrogens is 1. The van der Waals surface area contributed by atoms with Crippen LogP contribution in [0.5, 0.6) is 0 Å². The van der Waals surface area contributed by atoms with Gasteiger partial charge >= 0.3 is 5.97 Å². The van der Waals surface area contributed by atoms with Crippen molar-refractivity contribution in [3.05, 3.63) is 94.1 Å². The highest BCUT2D eigenvalue weighted by molar-refractivity contribution is 5.93. The van der Waals surface area contributed by atoms with Gasteiger partial charge in [-0.2, -0.15) is 0 Å². The van der Waals surface area contributed by atoms with Crippen LogP contribution in [0.15, 0.2) is 71.8 Å². The number of carbonyl (C=O) groups excluding carboxylic acids is 1. The van der Waals surface area contributed by atoms with E-state index in [4.69, 9.17) is 10.3 Å². The number of hydrogen-bond acceptors (Lipinski definition) is 3. The molecule has 0 radical (unpaired) electrons. The third-order valence-corrected chi connectivity index (χ3v) is 5.28. The molecular weight excluding hydrogens is 402 g/mol. The third kappa shape index (κ3) is 3.89. The van der Waals surface area contributed by atoms with Crippen molar-refractivity contribution in [3.8, 4) is 28.2 Å². The van der Waals surface area contributed by atoms with Crippen LogP contribution < -0.4 is 0 Å². The molecule has 2 aromatic carbocycles. The number of benzene rings is 2. The first-order chi connectivity index (χ1) is 15.5. The average Bonchev–Trinajstić information content (AvgIpc) is 3.34. The highest BCUT2D eigenvalue weighted by Crippen LogP contribution is 2.36. The van der Waals surface area contributed by atoms with Gasteiger partial charge < -0.3 is 14.3 Å². The van der Waals surface area contributed by atoms with Gasteiger partial charge in [-0.05, 0) is 50.1 Å². The van der Waals surface area contributed by atoms with Crippen molar-refractivity contribution in [3.63, 3.8) is 0 Å². The Morgan fingerprint density at radius 2 is 1.81 bits per heavy atom. The lowest BCUT2D eigenvalue weighted by Crippen LogP contribution is -2.07. The van der Waals surface area contributed by atoms with Crippen LogP contribution in [0, 0.1) is 13.8 Å². The third-order valence-electron chi connectivity index (χ3n) is 5.28. The number of esters is 1. The summed E-state index contributed by atoms with van der Waals surface area (Å²) in [6.07, 6.45) is 0. The van der Waals surface area contributed by atoms with Gasteiger partial charge in [0.05, 0.1) is 29.2 Å². The lowest BCUT2D eigenvalue weighted by atomic mass is 10.1. The molecule has 0 amide bonds. The maximum Gasteiger partial charge on any atom is 0.339 e. The monoisotopic (exact) mass is 425 g/mol. The van der Waals surface area contributed by atoms with E-state index in [0.717, 1.165) is 39.6 Å². The van der Waals surface area contributed by atoms with Crippen LogP contribution >= 0.6 is 0 Å². The molecule has 7 heteroatoms. The summed E-state index contributed by atoms with van der Waals surface area (Å²) >= 11 is 0. The van der Waals surface area contributed by atoms with Crippen molar-refractivity contribution < 1.29 is 9.53 Å². The normalized spacial score (nSPS) is 10.6. The first-order valence-electron chi connectivity index (χ1n) is 10.3. The summed E-state index contributed by atoms with van der Waals surface area (Å²) in [4.78, 5) is 19.1. The fourth-order valence-corrected chi connectivity index (χ4v) is 3.90. The summed E-state index contributed by atoms with van der Waals surface area (Å²) in [5.41, 5.74) is 16.1. The Labute approximate surface area is 185 Å². The molecule has 160 valence electrons. The van der Waals surface area contributed by atoms with Gasteiger partial charge in [0.2, 0.25) is 0 Å². The van der Waals surface area contributed by atoms with Gasteiger partial charge in [-0.25, -0.2) is 4.79 Å². The number of nitrogens with zero attached hydrogens (tertiary/aromatic N) is 4. The van der Waals surface area contributed by atoms with Gasteiger partial charge in [0.1, 0.15) is 0 Å². The number of aromatic nitrogens is 2. The van der Waals surface area contributed by atoms with Crippen LogP contribution in [0.4, 0.5) is 5.69 Å². The molecule has 4 rings (SSSR count). The van der Waals surface area contributed by atoms with E-state index < -0.39 is 0 Å². The van der Waals surface area contributed by atoms with Crippen molar-refractivity contribution in [1.29, 1.82) is 0 Å². The molecule has 1 N–H and O–H groups in total. The Morgan fingerprint density at radius 1 is 1.06 bits per heavy atom. The van der Waals surface area contributed by atoms with Gasteiger partial charge in [-0.1, -0.05) is 53.6 Å². The predicted molar refractivity (Wildman–Crippen MR) is 125 cm³/mol. The van der Waals surface area contributed by atoms with E-state index in [9.17, 15) is 4.79 Å². The molecule has 32 heavy (non-hydrogen) atoms. The van der Waals surface area contributed by atoms with Crippen molar-refractivity contribution in [2.24, 2.45) is 5.11 Å². The van der Waals surface area contributed by atoms with Crippen LogP contribution in [0.1, 0.15) is 28.7 Å². The molecule has 0 saturated heterocycles. The zero-order chi connectivity index (χ0) is 22.7. The second-order valence-corrected chi connectivity index (χ2v) is 7.40. The van der Waals surface area contributed by atoms with E-state index in [2.05, 4.69) is 21.1 Å². The second kappa shape index (κ2) is 8.88. The lowest BCUT2D eigenvalue weighted by Gasteiger charge is -2.14. The van der Waals surface area contributed by atoms with Crippen molar-refractivity contribution in [2.45, 2.75) is 20.8 Å². The molecule has 0 aliphatic heterocycles. The Bertz CT molecular complexity index is 1330. The molecule has 0 bridgehead atoms. The van der Waals surface area contributed by atoms with E-state index in [1.165, 1.54) is 0 Å². The summed E-state index contributed by atoms with van der Waals surface area (Å²) in [5.74, 6) is -0.371. The minimum absolute atomic E-state index is 0.295. The van der Waals surface area contributed by atoms with Crippen molar-refractivity contribution in [2.75, 3.05) is 6.61 Å². The summed E-state index contributed by atoms with van der Waals surface area (Å²) in [7, 11) is 0. The summed E-state index contributed by atoms with van der Waals surface area (Å²) < 4.78 is 7.35. The summed E-state index contributed by atoms with van der Waals surface area (Å²) in [6, 6.07) is 21.2. The largest absolute Gasteiger partial charge is 0.462 e. The number of carbonyl (C=O) groups is 1. The highest BCUT2D eigenvalue weighted by Gasteiger charge is 2.23. The first-order valence-corrected chi connectivity index (χ1v) is 10.3. The van der Waals surface area contributed by atoms with Crippen LogP contribution in [0.25, 0.3) is 38.6 Å². The number of rotatable bonds is 6. The number of azide groups is 1. The Morgan fingerprint density at radius 3 is 2.53 bits per heavy atom. The molecular formula is C25H23N5O2. The predicted octanol–water partition coefficient (Wildman–Crippen LogP) is 6.87. The molecule has 0 aliphatic rings. The van der Waals surface area contributed by atoms with Gasteiger partial charge in [0, 0.05) is 27.6 Å². The Balaban J connectivity index is 2.00. The molecule has 0 aliphatic carbocycles. The van der Waals surface area contributed by atoms with Gasteiger partial charge in [-0.3, -0.25) is 0 Å². The number of hydrogen-bond donors (Lipinski definition) is 1. The van der Waals surface area contributed by atoms with E-state index in [1.807, 2.05) is 73.0 Å². The first kappa shape index (κ1) is 21.0. The molecule has 7 nitrogen and oxygen atoms in total. The van der Waals surface area contributed by atoms with E-state index in [-0.39, 0.29) is 5.97 Å². The zero-order valence-corrected chi connectivity index (χ0v) is 18.2. The summed E-state index contributed by atoms with van der Waals surface area (Å²) in [5, 5.41) is 3.73. The van der Waals surface area contributed by atoms with Crippen LogP contribution in [0.3, 0.4) is 0 Å². The highest BCUT2D eigenvalue weighted by atomic mass is 16.5. The van der Waals surface area contributed by atoms with E-state index >= 15 is 0 Å². The Kier molecular flexibility index (Phi) is 5.83. The smallest absolute Gasteiger partial charge is 0.339 e. The molecule has 2 heterocycles. The van der Waals surface area contributed by atoms with E-state index in [1.54, 1.807) is 13.0 Å². The van der Waals surface area contributed by atoms with Gasteiger partial charge in [0.15, 0.2) is 0 Å².